The summed E-state index contributed by atoms with van der Waals surface area (Å²) in [7, 11) is 0. The molecule has 0 atom stereocenters. The standard InChI is InChI=1S/C32H35ClN6O2/c1-19(2)37(20(3)4)17-23-8-6-7-9-26(23)22-10-12-24(13-11-22)38-18-29(40)36-31-30(32(38)41)39(21(5)35-31)25-14-15-27(33)28(34)16-25/h6-16,19-20H,17-18,34H2,1-5H3,(H,36,40). The Balaban J connectivity index is 1.50. The van der Waals surface area contributed by atoms with Crippen LogP contribution in [0.4, 0.5) is 17.2 Å². The van der Waals surface area contributed by atoms with Gasteiger partial charge >= 0.3 is 0 Å². The van der Waals surface area contributed by atoms with Gasteiger partial charge < -0.3 is 11.1 Å². The van der Waals surface area contributed by atoms with Gasteiger partial charge in [-0.2, -0.15) is 0 Å². The number of nitrogen functional groups attached to an aromatic ring is 1. The third-order valence-corrected chi connectivity index (χ3v) is 7.82. The monoisotopic (exact) mass is 570 g/mol. The second kappa shape index (κ2) is 11.4. The van der Waals surface area contributed by atoms with Crippen LogP contribution in [-0.4, -0.2) is 44.9 Å². The van der Waals surface area contributed by atoms with Crippen molar-refractivity contribution in [1.82, 2.24) is 14.5 Å². The highest BCUT2D eigenvalue weighted by Gasteiger charge is 2.33. The highest BCUT2D eigenvalue weighted by atomic mass is 35.5. The fraction of sp³-hybridized carbons (Fsp3) is 0.281. The molecule has 212 valence electrons. The van der Waals surface area contributed by atoms with E-state index in [0.717, 1.165) is 17.7 Å². The SMILES string of the molecule is Cc1nc2c(n1-c1ccc(Cl)c(N)c1)C(=O)N(c1ccc(-c3ccccc3CN(C(C)C)C(C)C)cc1)CC(=O)N2. The minimum absolute atomic E-state index is 0.134. The number of imidazole rings is 1. The van der Waals surface area contributed by atoms with Crippen LogP contribution >= 0.6 is 11.6 Å². The van der Waals surface area contributed by atoms with Crippen molar-refractivity contribution in [2.24, 2.45) is 0 Å². The molecule has 0 spiro atoms. The highest BCUT2D eigenvalue weighted by Crippen LogP contribution is 2.32. The molecule has 0 saturated heterocycles. The number of nitrogens with one attached hydrogen (secondary N) is 1. The van der Waals surface area contributed by atoms with Gasteiger partial charge in [-0.3, -0.25) is 24.0 Å². The number of benzene rings is 3. The first kappa shape index (κ1) is 28.4. The smallest absolute Gasteiger partial charge is 0.279 e. The highest BCUT2D eigenvalue weighted by molar-refractivity contribution is 6.33. The van der Waals surface area contributed by atoms with Crippen molar-refractivity contribution in [3.05, 3.63) is 88.8 Å². The van der Waals surface area contributed by atoms with Crippen LogP contribution in [0.2, 0.25) is 5.02 Å². The van der Waals surface area contributed by atoms with Crippen LogP contribution in [0.15, 0.2) is 66.7 Å². The minimum atomic E-state index is -0.342. The van der Waals surface area contributed by atoms with Crippen molar-refractivity contribution in [3.8, 4) is 16.8 Å². The molecule has 3 aromatic carbocycles. The quantitative estimate of drug-likeness (QED) is 0.254. The lowest BCUT2D eigenvalue weighted by molar-refractivity contribution is -0.114. The molecule has 3 N–H and O–H groups in total. The number of rotatable bonds is 7. The van der Waals surface area contributed by atoms with Gasteiger partial charge in [-0.1, -0.05) is 48.0 Å². The maximum Gasteiger partial charge on any atom is 0.279 e. The summed E-state index contributed by atoms with van der Waals surface area (Å²) in [6.45, 7) is 11.3. The lowest BCUT2D eigenvalue weighted by Gasteiger charge is -2.31. The summed E-state index contributed by atoms with van der Waals surface area (Å²) in [6, 6.07) is 22.1. The van der Waals surface area contributed by atoms with E-state index in [1.807, 2.05) is 30.3 Å². The predicted molar refractivity (Wildman–Crippen MR) is 166 cm³/mol. The zero-order valence-electron chi connectivity index (χ0n) is 24.0. The minimum Gasteiger partial charge on any atom is -0.397 e. The van der Waals surface area contributed by atoms with Crippen molar-refractivity contribution in [2.75, 3.05) is 22.5 Å². The van der Waals surface area contributed by atoms with Gasteiger partial charge in [0, 0.05) is 30.0 Å². The maximum atomic E-state index is 14.0. The van der Waals surface area contributed by atoms with Crippen molar-refractivity contribution in [3.63, 3.8) is 0 Å². The lowest BCUT2D eigenvalue weighted by atomic mass is 9.98. The summed E-state index contributed by atoms with van der Waals surface area (Å²) in [5, 5.41) is 3.21. The molecule has 2 heterocycles. The van der Waals surface area contributed by atoms with E-state index in [9.17, 15) is 9.59 Å². The van der Waals surface area contributed by atoms with Gasteiger partial charge in [-0.05, 0) is 81.6 Å². The summed E-state index contributed by atoms with van der Waals surface area (Å²) < 4.78 is 1.70. The van der Waals surface area contributed by atoms with E-state index in [1.54, 1.807) is 29.7 Å². The Bertz CT molecular complexity index is 1600. The van der Waals surface area contributed by atoms with Crippen molar-refractivity contribution in [1.29, 1.82) is 0 Å². The molecular formula is C32H35ClN6O2. The first-order valence-electron chi connectivity index (χ1n) is 13.8. The number of aromatic nitrogens is 2. The van der Waals surface area contributed by atoms with E-state index in [0.29, 0.717) is 40.0 Å². The van der Waals surface area contributed by atoms with Crippen LogP contribution in [0, 0.1) is 6.92 Å². The van der Waals surface area contributed by atoms with Crippen LogP contribution in [0.5, 0.6) is 0 Å². The molecule has 4 aromatic rings. The first-order chi connectivity index (χ1) is 19.5. The number of carbonyl (C=O) groups is 2. The number of halogens is 1. The molecule has 1 aromatic heterocycles. The van der Waals surface area contributed by atoms with Crippen LogP contribution in [0.25, 0.3) is 16.8 Å². The molecule has 0 bridgehead atoms. The van der Waals surface area contributed by atoms with Crippen molar-refractivity contribution < 1.29 is 9.59 Å². The Morgan fingerprint density at radius 2 is 1.63 bits per heavy atom. The molecule has 5 rings (SSSR count). The fourth-order valence-electron chi connectivity index (χ4n) is 5.44. The van der Waals surface area contributed by atoms with Crippen LogP contribution in [-0.2, 0) is 11.3 Å². The zero-order valence-corrected chi connectivity index (χ0v) is 24.7. The van der Waals surface area contributed by atoms with Crippen LogP contribution < -0.4 is 16.0 Å². The summed E-state index contributed by atoms with van der Waals surface area (Å²) in [4.78, 5) is 35.3. The second-order valence-corrected chi connectivity index (χ2v) is 11.3. The number of anilines is 3. The number of amides is 2. The third-order valence-electron chi connectivity index (χ3n) is 7.48. The average molecular weight is 571 g/mol. The number of fused-ring (bicyclic) bond motifs is 1. The normalized spacial score (nSPS) is 13.6. The van der Waals surface area contributed by atoms with Gasteiger partial charge in [0.15, 0.2) is 11.5 Å². The van der Waals surface area contributed by atoms with E-state index in [-0.39, 0.29) is 29.9 Å². The molecule has 0 saturated carbocycles. The Kier molecular flexibility index (Phi) is 7.89. The van der Waals surface area contributed by atoms with E-state index in [1.165, 1.54) is 10.5 Å². The van der Waals surface area contributed by atoms with Gasteiger partial charge in [-0.15, -0.1) is 0 Å². The molecule has 0 unspecified atom stereocenters. The number of carbonyl (C=O) groups excluding carboxylic acids is 2. The van der Waals surface area contributed by atoms with Gasteiger partial charge in [0.25, 0.3) is 5.91 Å². The first-order valence-corrected chi connectivity index (χ1v) is 14.1. The molecule has 1 aliphatic heterocycles. The number of aryl methyl sites for hydroxylation is 1. The Labute approximate surface area is 245 Å². The van der Waals surface area contributed by atoms with Crippen molar-refractivity contribution >= 4 is 40.6 Å². The number of hydrogen-bond acceptors (Lipinski definition) is 5. The fourth-order valence-corrected chi connectivity index (χ4v) is 5.56. The molecule has 0 fully saturated rings. The molecule has 0 radical (unpaired) electrons. The molecule has 41 heavy (non-hydrogen) atoms. The summed E-state index contributed by atoms with van der Waals surface area (Å²) >= 11 is 6.14. The van der Waals surface area contributed by atoms with Gasteiger partial charge in [0.1, 0.15) is 12.4 Å². The zero-order chi connectivity index (χ0) is 29.4. The summed E-state index contributed by atoms with van der Waals surface area (Å²) in [5.74, 6) is 0.0920. The van der Waals surface area contributed by atoms with Gasteiger partial charge in [-0.25, -0.2) is 4.98 Å². The maximum absolute atomic E-state index is 14.0. The Morgan fingerprint density at radius 1 is 0.976 bits per heavy atom. The summed E-state index contributed by atoms with van der Waals surface area (Å²) in [5.41, 5.74) is 11.4. The molecule has 0 aliphatic carbocycles. The van der Waals surface area contributed by atoms with Crippen LogP contribution in [0.3, 0.4) is 0 Å². The predicted octanol–water partition coefficient (Wildman–Crippen LogP) is 6.30. The van der Waals surface area contributed by atoms with E-state index < -0.39 is 0 Å². The Hall–Kier alpha value is -4.14. The number of nitrogens with two attached hydrogens (primary N) is 1. The van der Waals surface area contributed by atoms with Gasteiger partial charge in [0.2, 0.25) is 5.91 Å². The average Bonchev–Trinajstić information content (AvgIpc) is 3.20. The number of hydrogen-bond donors (Lipinski definition) is 2. The molecule has 9 heteroatoms. The molecule has 2 amide bonds. The Morgan fingerprint density at radius 3 is 2.29 bits per heavy atom. The topological polar surface area (TPSA) is 96.5 Å². The van der Waals surface area contributed by atoms with Gasteiger partial charge in [0.05, 0.1) is 10.7 Å². The number of nitrogens with zero attached hydrogens (tertiary/aromatic N) is 4. The van der Waals surface area contributed by atoms with E-state index in [4.69, 9.17) is 17.3 Å². The molecule has 1 aliphatic rings. The lowest BCUT2D eigenvalue weighted by Crippen LogP contribution is -2.36. The van der Waals surface area contributed by atoms with Crippen molar-refractivity contribution in [2.45, 2.75) is 53.2 Å². The molecule has 8 nitrogen and oxygen atoms in total. The summed E-state index contributed by atoms with van der Waals surface area (Å²) in [6.07, 6.45) is 0. The van der Waals surface area contributed by atoms with E-state index in [2.05, 4.69) is 61.1 Å². The van der Waals surface area contributed by atoms with E-state index >= 15 is 0 Å². The second-order valence-electron chi connectivity index (χ2n) is 10.9. The van der Waals surface area contributed by atoms with Crippen LogP contribution in [0.1, 0.15) is 49.6 Å². The largest absolute Gasteiger partial charge is 0.397 e. The third kappa shape index (κ3) is 5.58. The molecular weight excluding hydrogens is 536 g/mol.